The summed E-state index contributed by atoms with van der Waals surface area (Å²) in [4.78, 5) is 4.69. The summed E-state index contributed by atoms with van der Waals surface area (Å²) in [6.07, 6.45) is 0. The van der Waals surface area contributed by atoms with Gasteiger partial charge in [0.2, 0.25) is 0 Å². The molecule has 19 heavy (non-hydrogen) atoms. The summed E-state index contributed by atoms with van der Waals surface area (Å²) in [5, 5.41) is 6.74. The van der Waals surface area contributed by atoms with Crippen LogP contribution in [0.5, 0.6) is 0 Å². The Balaban J connectivity index is 2.07. The zero-order chi connectivity index (χ0) is 14.0. The van der Waals surface area contributed by atoms with Gasteiger partial charge < -0.3 is 5.32 Å². The molecule has 0 saturated heterocycles. The van der Waals surface area contributed by atoms with E-state index >= 15 is 0 Å². The van der Waals surface area contributed by atoms with Gasteiger partial charge in [-0.2, -0.15) is 0 Å². The molecule has 1 heterocycles. The van der Waals surface area contributed by atoms with Crippen molar-refractivity contribution >= 4 is 33.0 Å². The molecule has 2 nitrogen and oxygen atoms in total. The van der Waals surface area contributed by atoms with Crippen LogP contribution in [0.4, 0.5) is 5.69 Å². The first-order chi connectivity index (χ1) is 8.88. The Kier molecular flexibility index (Phi) is 4.31. The zero-order valence-corrected chi connectivity index (χ0v) is 14.2. The van der Waals surface area contributed by atoms with Crippen LogP contribution in [0.1, 0.15) is 37.0 Å². The van der Waals surface area contributed by atoms with Crippen molar-refractivity contribution in [3.63, 3.8) is 0 Å². The molecule has 102 valence electrons. The molecule has 4 heteroatoms. The number of anilines is 1. The van der Waals surface area contributed by atoms with E-state index in [0.717, 1.165) is 21.7 Å². The summed E-state index contributed by atoms with van der Waals surface area (Å²) in [6, 6.07) is 6.20. The number of aromatic nitrogens is 1. The van der Waals surface area contributed by atoms with E-state index in [1.54, 1.807) is 11.3 Å². The van der Waals surface area contributed by atoms with E-state index in [4.69, 9.17) is 4.98 Å². The van der Waals surface area contributed by atoms with Gasteiger partial charge in [-0.1, -0.05) is 42.8 Å². The van der Waals surface area contributed by atoms with Gasteiger partial charge in [0, 0.05) is 21.0 Å². The summed E-state index contributed by atoms with van der Waals surface area (Å²) >= 11 is 5.27. The van der Waals surface area contributed by atoms with E-state index in [1.807, 2.05) is 6.07 Å². The molecule has 0 saturated carbocycles. The first kappa shape index (κ1) is 14.5. The minimum Gasteiger partial charge on any atom is -0.378 e. The van der Waals surface area contributed by atoms with Crippen molar-refractivity contribution in [1.82, 2.24) is 4.98 Å². The highest BCUT2D eigenvalue weighted by molar-refractivity contribution is 9.10. The molecule has 1 aromatic carbocycles. The Bertz CT molecular complexity index is 570. The van der Waals surface area contributed by atoms with Gasteiger partial charge in [0.1, 0.15) is 5.01 Å². The van der Waals surface area contributed by atoms with Gasteiger partial charge in [-0.3, -0.25) is 0 Å². The van der Waals surface area contributed by atoms with E-state index < -0.39 is 0 Å². The third kappa shape index (κ3) is 3.57. The Morgan fingerprint density at radius 2 is 2.05 bits per heavy atom. The van der Waals surface area contributed by atoms with Gasteiger partial charge in [-0.15, -0.1) is 11.3 Å². The summed E-state index contributed by atoms with van der Waals surface area (Å²) in [6.45, 7) is 9.46. The second-order valence-corrected chi connectivity index (χ2v) is 7.44. The lowest BCUT2D eigenvalue weighted by Gasteiger charge is -2.14. The van der Waals surface area contributed by atoms with Gasteiger partial charge in [-0.05, 0) is 24.6 Å². The fourth-order valence-corrected chi connectivity index (χ4v) is 3.03. The molecule has 1 aromatic heterocycles. The molecule has 0 aliphatic heterocycles. The maximum Gasteiger partial charge on any atom is 0.112 e. The molecule has 0 bridgehead atoms. The number of nitrogens with one attached hydrogen (secondary N) is 1. The van der Waals surface area contributed by atoms with Crippen molar-refractivity contribution in [2.45, 2.75) is 39.7 Å². The molecule has 0 atom stereocenters. The first-order valence-electron chi connectivity index (χ1n) is 6.32. The van der Waals surface area contributed by atoms with Crippen molar-refractivity contribution in [2.24, 2.45) is 0 Å². The van der Waals surface area contributed by atoms with Gasteiger partial charge in [0.05, 0.1) is 12.2 Å². The molecule has 0 aliphatic rings. The smallest absolute Gasteiger partial charge is 0.112 e. The minimum absolute atomic E-state index is 0.125. The van der Waals surface area contributed by atoms with E-state index in [2.05, 4.69) is 66.5 Å². The standard InChI is InChI=1S/C15H19BrN2S/c1-10-11(16)6-5-7-12(10)17-8-14-18-13(9-19-14)15(2,3)4/h5-7,9,17H,8H2,1-4H3. The molecule has 2 aromatic rings. The Labute approximate surface area is 127 Å². The Morgan fingerprint density at radius 3 is 2.68 bits per heavy atom. The van der Waals surface area contributed by atoms with Crippen LogP contribution in [-0.4, -0.2) is 4.98 Å². The van der Waals surface area contributed by atoms with E-state index in [1.165, 1.54) is 11.3 Å². The van der Waals surface area contributed by atoms with Crippen LogP contribution in [0.15, 0.2) is 28.1 Å². The number of hydrogen-bond donors (Lipinski definition) is 1. The van der Waals surface area contributed by atoms with Gasteiger partial charge in [0.25, 0.3) is 0 Å². The Hall–Kier alpha value is -0.870. The van der Waals surface area contributed by atoms with Crippen LogP contribution < -0.4 is 5.32 Å². The number of hydrogen-bond acceptors (Lipinski definition) is 3. The molecule has 1 N–H and O–H groups in total. The van der Waals surface area contributed by atoms with Crippen LogP contribution in [0.3, 0.4) is 0 Å². The second kappa shape index (κ2) is 5.63. The van der Waals surface area contributed by atoms with Crippen LogP contribution in [0.25, 0.3) is 0 Å². The molecule has 0 spiro atoms. The molecular weight excluding hydrogens is 320 g/mol. The first-order valence-corrected chi connectivity index (χ1v) is 7.99. The van der Waals surface area contributed by atoms with Crippen LogP contribution in [-0.2, 0) is 12.0 Å². The number of benzene rings is 1. The number of nitrogens with zero attached hydrogens (tertiary/aromatic N) is 1. The fraction of sp³-hybridized carbons (Fsp3) is 0.400. The highest BCUT2D eigenvalue weighted by Gasteiger charge is 2.17. The lowest BCUT2D eigenvalue weighted by molar-refractivity contribution is 0.571. The van der Waals surface area contributed by atoms with E-state index in [9.17, 15) is 0 Å². The average Bonchev–Trinajstić information content (AvgIpc) is 2.79. The van der Waals surface area contributed by atoms with E-state index in [0.29, 0.717) is 0 Å². The highest BCUT2D eigenvalue weighted by atomic mass is 79.9. The molecule has 2 rings (SSSR count). The van der Waals surface area contributed by atoms with Crippen molar-refractivity contribution < 1.29 is 0 Å². The number of halogens is 1. The second-order valence-electron chi connectivity index (χ2n) is 5.64. The highest BCUT2D eigenvalue weighted by Crippen LogP contribution is 2.26. The summed E-state index contributed by atoms with van der Waals surface area (Å²) in [7, 11) is 0. The topological polar surface area (TPSA) is 24.9 Å². The summed E-state index contributed by atoms with van der Waals surface area (Å²) < 4.78 is 1.13. The predicted molar refractivity (Wildman–Crippen MR) is 87.0 cm³/mol. The third-order valence-corrected chi connectivity index (χ3v) is 4.73. The van der Waals surface area contributed by atoms with Gasteiger partial charge in [0.15, 0.2) is 0 Å². The molecule has 0 aliphatic carbocycles. The van der Waals surface area contributed by atoms with Crippen molar-refractivity contribution in [3.8, 4) is 0 Å². The monoisotopic (exact) mass is 338 g/mol. The number of thiazole rings is 1. The van der Waals surface area contributed by atoms with Crippen molar-refractivity contribution in [2.75, 3.05) is 5.32 Å². The third-order valence-electron chi connectivity index (χ3n) is 3.02. The van der Waals surface area contributed by atoms with Crippen LogP contribution in [0, 0.1) is 6.92 Å². The minimum atomic E-state index is 0.125. The predicted octanol–water partition coefficient (Wildman–Crippen LogP) is 5.12. The van der Waals surface area contributed by atoms with Gasteiger partial charge >= 0.3 is 0 Å². The zero-order valence-electron chi connectivity index (χ0n) is 11.7. The van der Waals surface area contributed by atoms with Crippen LogP contribution >= 0.6 is 27.3 Å². The lowest BCUT2D eigenvalue weighted by atomic mass is 9.93. The maximum atomic E-state index is 4.69. The Morgan fingerprint density at radius 1 is 1.32 bits per heavy atom. The quantitative estimate of drug-likeness (QED) is 0.839. The van der Waals surface area contributed by atoms with Crippen LogP contribution in [0.2, 0.25) is 0 Å². The largest absolute Gasteiger partial charge is 0.378 e. The molecule has 0 unspecified atom stereocenters. The van der Waals surface area contributed by atoms with Crippen molar-refractivity contribution in [3.05, 3.63) is 44.3 Å². The summed E-state index contributed by atoms with van der Waals surface area (Å²) in [5.74, 6) is 0. The van der Waals surface area contributed by atoms with Crippen molar-refractivity contribution in [1.29, 1.82) is 0 Å². The maximum absolute atomic E-state index is 4.69. The lowest BCUT2D eigenvalue weighted by Crippen LogP contribution is -2.12. The molecular formula is C15H19BrN2S. The fourth-order valence-electron chi connectivity index (χ4n) is 1.71. The summed E-state index contributed by atoms with van der Waals surface area (Å²) in [5.41, 5.74) is 3.68. The molecule has 0 radical (unpaired) electrons. The average molecular weight is 339 g/mol. The molecule has 0 amide bonds. The molecule has 0 fully saturated rings. The number of rotatable bonds is 3. The van der Waals surface area contributed by atoms with E-state index in [-0.39, 0.29) is 5.41 Å². The SMILES string of the molecule is Cc1c(Br)cccc1NCc1nc(C(C)(C)C)cs1. The normalized spacial score (nSPS) is 11.6. The van der Waals surface area contributed by atoms with Gasteiger partial charge in [-0.25, -0.2) is 4.98 Å².